The molecule has 0 unspecified atom stereocenters. The number of hydrogen-bond acceptors (Lipinski definition) is 24. The van der Waals surface area contributed by atoms with Crippen LogP contribution in [-0.2, 0) is 18.8 Å². The summed E-state index contributed by atoms with van der Waals surface area (Å²) in [6, 6.07) is 82.8. The molecule has 0 aliphatic heterocycles. The molecule has 1 amide bonds. The quantitative estimate of drug-likeness (QED) is 0.0400. The molecule has 0 bridgehead atoms. The van der Waals surface area contributed by atoms with Crippen LogP contribution in [0.3, 0.4) is 0 Å². The molecule has 12 heterocycles. The minimum absolute atomic E-state index is 0.00715. The number of carbonyl (C=O) groups excluding carboxylic acids is 2. The lowest BCUT2D eigenvalue weighted by atomic mass is 10.1. The molecule has 12 aromatic carbocycles. The molecule has 0 saturated heterocycles. The zero-order valence-electron chi connectivity index (χ0n) is 76.6. The highest BCUT2D eigenvalue weighted by Gasteiger charge is 2.28. The maximum atomic E-state index is 11.8. The third kappa shape index (κ3) is 19.5. The number of nitrogens with one attached hydrogen (secondary N) is 10. The number of nitrogens with two attached hydrogens (primary N) is 1. The van der Waals surface area contributed by atoms with Gasteiger partial charge >= 0.3 is 5.97 Å². The molecular weight excluding hydrogens is 2030 g/mol. The van der Waals surface area contributed by atoms with Gasteiger partial charge in [0, 0.05) is 84.7 Å². The van der Waals surface area contributed by atoms with Gasteiger partial charge in [-0.05, 0) is 134 Å². The van der Waals surface area contributed by atoms with Crippen molar-refractivity contribution in [3.8, 4) is 188 Å². The van der Waals surface area contributed by atoms with Crippen molar-refractivity contribution < 1.29 is 59.5 Å². The number of aromatic nitrogens is 24. The first-order valence-corrected chi connectivity index (χ1v) is 46.3. The number of hydrogen-bond donors (Lipinski definition) is 18. The number of aromatic hydroxyl groups is 7. The number of esters is 1. The van der Waals surface area contributed by atoms with Crippen molar-refractivity contribution in [2.75, 3.05) is 21.3 Å². The summed E-state index contributed by atoms with van der Waals surface area (Å²) in [4.78, 5) is 68.8. The number of H-pyrrole nitrogens is 10. The number of nitrogens with zero attached hydrogens (tertiary/aromatic N) is 14. The minimum atomic E-state index is -0.514. The molecule has 0 spiro atoms. The largest absolute Gasteiger partial charge is 0.508 e. The van der Waals surface area contributed by atoms with Crippen LogP contribution in [0, 0.1) is 6.92 Å². The van der Waals surface area contributed by atoms with E-state index in [0.717, 1.165) is 103 Å². The van der Waals surface area contributed by atoms with Gasteiger partial charge in [0.1, 0.15) is 85.6 Å². The number of primary amides is 1. The molecule has 37 nitrogen and oxygen atoms in total. The summed E-state index contributed by atoms with van der Waals surface area (Å²) < 4.78 is 21.7. The first-order valence-electron chi connectivity index (χ1n) is 44.0. The van der Waals surface area contributed by atoms with Gasteiger partial charge in [0.2, 0.25) is 5.91 Å². The second kappa shape index (κ2) is 40.4. The average Bonchev–Trinajstić information content (AvgIpc) is 1.68. The highest BCUT2D eigenvalue weighted by atomic mass is 79.9. The molecule has 0 aliphatic carbocycles. The van der Waals surface area contributed by atoms with Crippen LogP contribution in [0.15, 0.2) is 286 Å². The molecule has 19 N–H and O–H groups in total. The van der Waals surface area contributed by atoms with Crippen LogP contribution < -0.4 is 15.2 Å². The van der Waals surface area contributed by atoms with Crippen LogP contribution in [0.1, 0.15) is 26.3 Å². The van der Waals surface area contributed by atoms with Crippen LogP contribution in [0.5, 0.6) is 51.7 Å². The number of ether oxygens (including phenoxy) is 3. The Balaban J connectivity index is 0.000000109. The number of benzene rings is 12. The van der Waals surface area contributed by atoms with Crippen molar-refractivity contribution in [2.24, 2.45) is 19.8 Å². The second-order valence-electron chi connectivity index (χ2n) is 32.5. The fourth-order valence-corrected chi connectivity index (χ4v) is 17.2. The molecular formula is C104H82Br3N25O12. The molecule has 0 saturated carbocycles. The highest BCUT2D eigenvalue weighted by Crippen LogP contribution is 2.45. The smallest absolute Gasteiger partial charge is 0.337 e. The summed E-state index contributed by atoms with van der Waals surface area (Å²) in [7, 11) is 8.24. The third-order valence-electron chi connectivity index (χ3n) is 23.0. The Labute approximate surface area is 839 Å². The van der Waals surface area contributed by atoms with Gasteiger partial charge < -0.3 is 85.6 Å². The Morgan fingerprint density at radius 1 is 0.319 bits per heavy atom. The normalized spacial score (nSPS) is 11.1. The van der Waals surface area contributed by atoms with Gasteiger partial charge in [-0.1, -0.05) is 181 Å². The standard InChI is InChI=1S/C20H18N4O3.C18H16N4O.C17H12BrN5O2.C17H13BrN4O2.C16H11BrN4O2.C16H12N4O2/c1-24-17(18(26-2)16(23-24)12-7-5-4-6-8-12)19-21-14-10-9-13(20(25)27-3)11-15(14)22-19;1-11-8-9-13-14(10-11)20-18(19-13)16-17(23)15(21-22(16)2)12-6-4-3-5-7-12;18-10-3-1-2-8(6-10)13-15(24)14(23-22-13)17-20-11-5-4-9(16(19)25)7-12(11)21-17;1-24-11-5-6-12-13(8-11)20-17(19-12)15-16(23)14(21-22-15)9-3-2-4-10(18)7-9;17-9-3-1-2-8(6-9)13-15(23)14(21-20-13)16-18-11-5-4-10(22)7-12(11)19-16;21-10-6-7-11-12(8-10)18-16(17-11)14-15(22)13(19-20-14)9-4-2-1-3-5-9/h4-11H,1-3H3,(H,21,22);3-10,23H,1-2H3,(H,19,20);1-7,24H,(H2,19,25)(H,20,21)(H,22,23);2-8,23H,1H3,(H,19,20)(H,21,22);1-7,22-23H,(H,18,19)(H,20,21);1-8,21-22H,(H,17,18)(H,19,20). The Bertz CT molecular complexity index is 8900. The van der Waals surface area contributed by atoms with Crippen molar-refractivity contribution in [1.29, 1.82) is 0 Å². The summed E-state index contributed by atoms with van der Waals surface area (Å²) in [6.45, 7) is 2.04. The monoisotopic (exact) mass is 2110 g/mol. The van der Waals surface area contributed by atoms with E-state index in [1.165, 1.54) is 7.11 Å². The van der Waals surface area contributed by atoms with Crippen molar-refractivity contribution in [2.45, 2.75) is 6.92 Å². The van der Waals surface area contributed by atoms with Crippen molar-refractivity contribution in [3.63, 3.8) is 0 Å². The Hall–Kier alpha value is -18.7. The van der Waals surface area contributed by atoms with E-state index < -0.39 is 11.9 Å². The van der Waals surface area contributed by atoms with Crippen molar-refractivity contribution in [3.05, 3.63) is 303 Å². The van der Waals surface area contributed by atoms with Gasteiger partial charge in [-0.25, -0.2) is 34.7 Å². The van der Waals surface area contributed by atoms with Gasteiger partial charge in [-0.2, -0.15) is 30.6 Å². The van der Waals surface area contributed by atoms with E-state index in [0.29, 0.717) is 142 Å². The number of halogens is 3. The first-order chi connectivity index (χ1) is 69.8. The van der Waals surface area contributed by atoms with Crippen molar-refractivity contribution in [1.82, 2.24) is 120 Å². The average molecular weight is 2110 g/mol. The molecule has 24 aromatic rings. The summed E-state index contributed by atoms with van der Waals surface area (Å²) >= 11 is 10.2. The number of fused-ring (bicyclic) bond motifs is 6. The number of aromatic amines is 10. The summed E-state index contributed by atoms with van der Waals surface area (Å²) in [5.41, 5.74) is 27.3. The van der Waals surface area contributed by atoms with Crippen molar-refractivity contribution >= 4 is 126 Å². The molecule has 0 atom stereocenters. The molecule has 0 aliphatic rings. The Kier molecular flexibility index (Phi) is 26.4. The molecule has 0 radical (unpaired) electrons. The van der Waals surface area contributed by atoms with Crippen LogP contribution >= 0.6 is 47.8 Å². The Morgan fingerprint density at radius 2 is 0.646 bits per heavy atom. The number of aryl methyl sites for hydroxylation is 3. The molecule has 144 heavy (non-hydrogen) atoms. The lowest BCUT2D eigenvalue weighted by Gasteiger charge is -2.03. The fourth-order valence-electron chi connectivity index (χ4n) is 16.0. The molecule has 12 aromatic heterocycles. The number of rotatable bonds is 16. The second-order valence-corrected chi connectivity index (χ2v) is 35.2. The Morgan fingerprint density at radius 3 is 1.06 bits per heavy atom. The molecule has 40 heteroatoms. The summed E-state index contributed by atoms with van der Waals surface area (Å²) in [5, 5.41) is 109. The number of imidazole rings is 6. The van der Waals surface area contributed by atoms with E-state index in [-0.39, 0.29) is 40.2 Å². The zero-order valence-corrected chi connectivity index (χ0v) is 81.4. The van der Waals surface area contributed by atoms with E-state index in [1.807, 2.05) is 214 Å². The number of phenols is 2. The summed E-state index contributed by atoms with van der Waals surface area (Å²) in [6.07, 6.45) is 0. The predicted molar refractivity (Wildman–Crippen MR) is 556 cm³/mol. The topological polar surface area (TPSA) is 552 Å². The highest BCUT2D eigenvalue weighted by molar-refractivity contribution is 9.11. The number of phenolic OH excluding ortho intramolecular Hbond substituents is 2. The van der Waals surface area contributed by atoms with Crippen LogP contribution in [0.4, 0.5) is 0 Å². The van der Waals surface area contributed by atoms with Gasteiger partial charge in [0.15, 0.2) is 69.4 Å². The summed E-state index contributed by atoms with van der Waals surface area (Å²) in [5.74, 6) is 4.09. The first kappa shape index (κ1) is 94.3. The minimum Gasteiger partial charge on any atom is -0.508 e. The molecule has 24 rings (SSSR count). The lowest BCUT2D eigenvalue weighted by Crippen LogP contribution is -2.10. The van der Waals surface area contributed by atoms with Gasteiger partial charge in [0.25, 0.3) is 0 Å². The third-order valence-corrected chi connectivity index (χ3v) is 24.4. The maximum absolute atomic E-state index is 11.8. The SMILES string of the molecule is COC(=O)c1ccc2nc(-c3c(OC)c(-c4ccccc4)nn3C)[nH]c2c1.COc1ccc2nc(-c3[nH]nc(-c4cccc(Br)c4)c3O)[nH]c2c1.Cc1ccc2nc(-c3c(O)c(-c4ccccc4)nn3C)[nH]c2c1.NC(=O)c1ccc2nc(-c3[nH]nc(-c4cccc(Br)c4)c3O)[nH]c2c1.Oc1ccc2nc(-c3[nH]nc(-c4cccc(Br)c4)c3O)[nH]c2c1.Oc1ccc2nc(-c3[nH]nc(-c4ccccc4)c3O)[nH]c2c1. The number of amides is 1. The molecule has 0 fully saturated rings. The maximum Gasteiger partial charge on any atom is 0.337 e. The molecule has 716 valence electrons. The van der Waals surface area contributed by atoms with Gasteiger partial charge in [0.05, 0.1) is 93.1 Å². The van der Waals surface area contributed by atoms with Crippen LogP contribution in [0.25, 0.3) is 203 Å². The van der Waals surface area contributed by atoms with E-state index in [9.17, 15) is 45.3 Å². The van der Waals surface area contributed by atoms with E-state index in [1.54, 1.807) is 103 Å². The zero-order chi connectivity index (χ0) is 100. The van der Waals surface area contributed by atoms with Gasteiger partial charge in [-0.3, -0.25) is 34.6 Å². The lowest BCUT2D eigenvalue weighted by molar-refractivity contribution is 0.0600. The van der Waals surface area contributed by atoms with Crippen LogP contribution in [0.2, 0.25) is 0 Å². The number of carbonyl (C=O) groups is 2. The van der Waals surface area contributed by atoms with E-state index >= 15 is 0 Å². The van der Waals surface area contributed by atoms with E-state index in [2.05, 4.69) is 159 Å². The fraction of sp³-hybridized carbons (Fsp3) is 0.0577. The predicted octanol–water partition coefficient (Wildman–Crippen LogP) is 21.2. The van der Waals surface area contributed by atoms with Crippen LogP contribution in [-0.4, -0.2) is 189 Å². The number of methoxy groups -OCH3 is 3. The van der Waals surface area contributed by atoms with E-state index in [4.69, 9.17) is 19.9 Å². The van der Waals surface area contributed by atoms with Gasteiger partial charge in [-0.15, -0.1) is 0 Å².